The number of hydrogen-bond acceptors (Lipinski definition) is 4. The lowest BCUT2D eigenvalue weighted by Gasteiger charge is -2.35. The van der Waals surface area contributed by atoms with Crippen LogP contribution in [0.1, 0.15) is 19.8 Å². The number of sulfonamides is 1. The number of aliphatic carboxylic acids is 1. The van der Waals surface area contributed by atoms with E-state index in [9.17, 15) is 13.2 Å². The summed E-state index contributed by atoms with van der Waals surface area (Å²) in [5, 5.41) is 13.1. The highest BCUT2D eigenvalue weighted by Gasteiger charge is 2.40. The van der Waals surface area contributed by atoms with Crippen molar-refractivity contribution < 1.29 is 18.3 Å². The molecular formula is C11H17N3O4S. The van der Waals surface area contributed by atoms with Gasteiger partial charge in [-0.3, -0.25) is 9.48 Å². The molecule has 0 aromatic carbocycles. The molecule has 0 radical (unpaired) electrons. The molecule has 19 heavy (non-hydrogen) atoms. The van der Waals surface area contributed by atoms with Gasteiger partial charge in [0.1, 0.15) is 0 Å². The molecular weight excluding hydrogens is 270 g/mol. The minimum absolute atomic E-state index is 0.131. The molecule has 1 saturated heterocycles. The summed E-state index contributed by atoms with van der Waals surface area (Å²) in [4.78, 5) is 11.1. The number of aromatic nitrogens is 2. The smallest absolute Gasteiger partial charge is 0.309 e. The Morgan fingerprint density at radius 1 is 1.42 bits per heavy atom. The van der Waals surface area contributed by atoms with Crippen LogP contribution >= 0.6 is 0 Å². The average molecular weight is 287 g/mol. The summed E-state index contributed by atoms with van der Waals surface area (Å²) in [5.41, 5.74) is -0.835. The van der Waals surface area contributed by atoms with E-state index in [0.717, 1.165) is 0 Å². The molecule has 0 spiro atoms. The van der Waals surface area contributed by atoms with Gasteiger partial charge in [0.05, 0.1) is 11.6 Å². The molecule has 2 heterocycles. The maximum Gasteiger partial charge on any atom is 0.309 e. The number of nitrogens with zero attached hydrogens (tertiary/aromatic N) is 3. The van der Waals surface area contributed by atoms with Crippen LogP contribution in [-0.2, 0) is 21.9 Å². The van der Waals surface area contributed by atoms with Gasteiger partial charge in [-0.2, -0.15) is 9.40 Å². The molecule has 1 N–H and O–H groups in total. The van der Waals surface area contributed by atoms with E-state index in [0.29, 0.717) is 12.8 Å². The highest BCUT2D eigenvalue weighted by molar-refractivity contribution is 7.89. The van der Waals surface area contributed by atoms with Crippen LogP contribution < -0.4 is 0 Å². The lowest BCUT2D eigenvalue weighted by atomic mass is 9.81. The van der Waals surface area contributed by atoms with Crippen LogP contribution in [0, 0.1) is 5.41 Å². The molecule has 0 bridgehead atoms. The normalized spacial score (nSPS) is 20.3. The fourth-order valence-corrected chi connectivity index (χ4v) is 3.72. The van der Waals surface area contributed by atoms with E-state index in [4.69, 9.17) is 5.11 Å². The first kappa shape index (κ1) is 14.0. The van der Waals surface area contributed by atoms with Gasteiger partial charge in [0.2, 0.25) is 0 Å². The molecule has 0 unspecified atom stereocenters. The number of rotatable bonds is 3. The van der Waals surface area contributed by atoms with Crippen LogP contribution in [0.15, 0.2) is 17.3 Å². The summed E-state index contributed by atoms with van der Waals surface area (Å²) in [6, 6.07) is 1.44. The van der Waals surface area contributed by atoms with Gasteiger partial charge in [-0.15, -0.1) is 0 Å². The SMILES string of the molecule is Cn1nccc1S(=O)(=O)N1CCC(C)(C(=O)O)CC1. The summed E-state index contributed by atoms with van der Waals surface area (Å²) >= 11 is 0. The van der Waals surface area contributed by atoms with Gasteiger partial charge in [0, 0.05) is 20.1 Å². The Morgan fingerprint density at radius 2 is 2.00 bits per heavy atom. The van der Waals surface area contributed by atoms with Gasteiger partial charge < -0.3 is 5.11 Å². The Labute approximate surface area is 111 Å². The van der Waals surface area contributed by atoms with Crippen molar-refractivity contribution in [3.8, 4) is 0 Å². The number of aryl methyl sites for hydroxylation is 1. The molecule has 0 amide bonds. The molecule has 106 valence electrons. The minimum Gasteiger partial charge on any atom is -0.481 e. The molecule has 1 aromatic heterocycles. The molecule has 7 nitrogen and oxygen atoms in total. The monoisotopic (exact) mass is 287 g/mol. The minimum atomic E-state index is -3.58. The molecule has 8 heteroatoms. The first-order valence-electron chi connectivity index (χ1n) is 5.99. The third kappa shape index (κ3) is 2.37. The van der Waals surface area contributed by atoms with Gasteiger partial charge in [0.15, 0.2) is 5.03 Å². The van der Waals surface area contributed by atoms with Crippen LogP contribution in [0.2, 0.25) is 0 Å². The predicted molar refractivity (Wildman–Crippen MR) is 66.9 cm³/mol. The molecule has 1 fully saturated rings. The van der Waals surface area contributed by atoms with Crippen molar-refractivity contribution >= 4 is 16.0 Å². The summed E-state index contributed by atoms with van der Waals surface area (Å²) in [5.74, 6) is -0.870. The lowest BCUT2D eigenvalue weighted by Crippen LogP contribution is -2.45. The standard InChI is InChI=1S/C11H17N3O4S/c1-11(10(15)16)4-7-14(8-5-11)19(17,18)9-3-6-12-13(9)2/h3,6H,4-5,7-8H2,1-2H3,(H,15,16). The zero-order valence-electron chi connectivity index (χ0n) is 10.9. The lowest BCUT2D eigenvalue weighted by molar-refractivity contribution is -0.150. The Morgan fingerprint density at radius 3 is 2.42 bits per heavy atom. The van der Waals surface area contributed by atoms with E-state index in [1.807, 2.05) is 0 Å². The average Bonchev–Trinajstić information content (AvgIpc) is 2.76. The van der Waals surface area contributed by atoms with Crippen molar-refractivity contribution in [1.82, 2.24) is 14.1 Å². The first-order valence-corrected chi connectivity index (χ1v) is 7.43. The second-order valence-electron chi connectivity index (χ2n) is 5.06. The molecule has 2 rings (SSSR count). The largest absolute Gasteiger partial charge is 0.481 e. The van der Waals surface area contributed by atoms with E-state index in [-0.39, 0.29) is 18.1 Å². The van der Waals surface area contributed by atoms with E-state index in [2.05, 4.69) is 5.10 Å². The zero-order chi connectivity index (χ0) is 14.3. The number of carboxylic acid groups (broad SMARTS) is 1. The highest BCUT2D eigenvalue weighted by Crippen LogP contribution is 2.33. The Bertz CT molecular complexity index is 585. The summed E-state index contributed by atoms with van der Waals surface area (Å²) in [6.07, 6.45) is 2.07. The fraction of sp³-hybridized carbons (Fsp3) is 0.636. The Balaban J connectivity index is 2.19. The summed E-state index contributed by atoms with van der Waals surface area (Å²) in [6.45, 7) is 2.09. The molecule has 1 aliphatic heterocycles. The van der Waals surface area contributed by atoms with Crippen molar-refractivity contribution in [3.05, 3.63) is 12.3 Å². The molecule has 0 aliphatic carbocycles. The van der Waals surface area contributed by atoms with E-state index >= 15 is 0 Å². The number of carbonyl (C=O) groups is 1. The van der Waals surface area contributed by atoms with Crippen molar-refractivity contribution in [2.75, 3.05) is 13.1 Å². The maximum atomic E-state index is 12.4. The molecule has 0 atom stereocenters. The fourth-order valence-electron chi connectivity index (χ4n) is 2.18. The van der Waals surface area contributed by atoms with Crippen molar-refractivity contribution in [1.29, 1.82) is 0 Å². The van der Waals surface area contributed by atoms with Gasteiger partial charge in [0.25, 0.3) is 10.0 Å². The number of piperidine rings is 1. The first-order chi connectivity index (χ1) is 8.77. The van der Waals surface area contributed by atoms with E-state index in [1.165, 1.54) is 21.3 Å². The third-order valence-electron chi connectivity index (χ3n) is 3.72. The summed E-state index contributed by atoms with van der Waals surface area (Å²) < 4.78 is 27.4. The molecule has 1 aromatic rings. The van der Waals surface area contributed by atoms with Gasteiger partial charge in [-0.05, 0) is 25.8 Å². The van der Waals surface area contributed by atoms with E-state index in [1.54, 1.807) is 14.0 Å². The second-order valence-corrected chi connectivity index (χ2v) is 6.95. The molecule has 0 saturated carbocycles. The quantitative estimate of drug-likeness (QED) is 0.863. The second kappa shape index (κ2) is 4.61. The van der Waals surface area contributed by atoms with Crippen LogP contribution in [0.25, 0.3) is 0 Å². The van der Waals surface area contributed by atoms with Gasteiger partial charge >= 0.3 is 5.97 Å². The van der Waals surface area contributed by atoms with Crippen molar-refractivity contribution in [2.45, 2.75) is 24.8 Å². The zero-order valence-corrected chi connectivity index (χ0v) is 11.7. The topological polar surface area (TPSA) is 92.5 Å². The number of carboxylic acids is 1. The Hall–Kier alpha value is -1.41. The van der Waals surface area contributed by atoms with Gasteiger partial charge in [-0.25, -0.2) is 8.42 Å². The van der Waals surface area contributed by atoms with Crippen molar-refractivity contribution in [2.24, 2.45) is 12.5 Å². The maximum absolute atomic E-state index is 12.4. The van der Waals surface area contributed by atoms with Crippen LogP contribution in [0.3, 0.4) is 0 Å². The predicted octanol–water partition coefficient (Wildman–Crippen LogP) is 0.295. The number of hydrogen-bond donors (Lipinski definition) is 1. The third-order valence-corrected chi connectivity index (χ3v) is 5.70. The van der Waals surface area contributed by atoms with Crippen LogP contribution in [-0.4, -0.2) is 46.7 Å². The van der Waals surface area contributed by atoms with Gasteiger partial charge in [-0.1, -0.05) is 0 Å². The van der Waals surface area contributed by atoms with E-state index < -0.39 is 21.4 Å². The Kier molecular flexibility index (Phi) is 3.40. The highest BCUT2D eigenvalue weighted by atomic mass is 32.2. The summed E-state index contributed by atoms with van der Waals surface area (Å²) in [7, 11) is -2.02. The van der Waals surface area contributed by atoms with Crippen LogP contribution in [0.4, 0.5) is 0 Å². The van der Waals surface area contributed by atoms with Crippen molar-refractivity contribution in [3.63, 3.8) is 0 Å². The molecule has 1 aliphatic rings. The van der Waals surface area contributed by atoms with Crippen LogP contribution in [0.5, 0.6) is 0 Å².